The molecule has 0 bridgehead atoms. The molecule has 0 amide bonds. The number of benzene rings is 1. The second-order valence-corrected chi connectivity index (χ2v) is 4.79. The zero-order chi connectivity index (χ0) is 12.5. The van der Waals surface area contributed by atoms with Crippen molar-refractivity contribution in [3.63, 3.8) is 0 Å². The second kappa shape index (κ2) is 8.51. The summed E-state index contributed by atoms with van der Waals surface area (Å²) in [6.45, 7) is 8.47. The van der Waals surface area contributed by atoms with E-state index in [1.54, 1.807) is 0 Å². The van der Waals surface area contributed by atoms with Crippen LogP contribution in [0.5, 0.6) is 0 Å². The Kier molecular flexibility index (Phi) is 7.25. The van der Waals surface area contributed by atoms with E-state index in [0.717, 1.165) is 31.2 Å². The minimum atomic E-state index is 0.817. The molecule has 0 fully saturated rings. The van der Waals surface area contributed by atoms with Crippen molar-refractivity contribution < 1.29 is 0 Å². The average Bonchev–Trinajstić information content (AvgIpc) is 2.32. The number of halogens is 1. The smallest absolute Gasteiger partial charge is 0.0409 e. The summed E-state index contributed by atoms with van der Waals surface area (Å²) in [5.41, 5.74) is 2.59. The molecular weight excluding hydrogens is 232 g/mol. The Morgan fingerprint density at radius 3 is 2.65 bits per heavy atom. The van der Waals surface area contributed by atoms with Crippen molar-refractivity contribution in [3.05, 3.63) is 34.3 Å². The summed E-state index contributed by atoms with van der Waals surface area (Å²) in [4.78, 5) is 0. The van der Waals surface area contributed by atoms with Gasteiger partial charge in [-0.05, 0) is 62.7 Å². The van der Waals surface area contributed by atoms with Crippen LogP contribution in [0.2, 0.25) is 5.02 Å². The van der Waals surface area contributed by atoms with Gasteiger partial charge in [0, 0.05) is 11.6 Å². The minimum Gasteiger partial charge on any atom is -0.317 e. The van der Waals surface area contributed by atoms with Gasteiger partial charge in [-0.15, -0.1) is 0 Å². The molecule has 1 aromatic carbocycles. The molecule has 2 N–H and O–H groups in total. The lowest BCUT2D eigenvalue weighted by Crippen LogP contribution is -2.22. The van der Waals surface area contributed by atoms with Crippen LogP contribution >= 0.6 is 11.6 Å². The van der Waals surface area contributed by atoms with Gasteiger partial charge >= 0.3 is 0 Å². The van der Waals surface area contributed by atoms with E-state index in [2.05, 4.69) is 30.5 Å². The molecule has 0 aliphatic carbocycles. The first-order valence-electron chi connectivity index (χ1n) is 6.40. The summed E-state index contributed by atoms with van der Waals surface area (Å²) in [6, 6.07) is 6.05. The summed E-state index contributed by atoms with van der Waals surface area (Å²) < 4.78 is 0. The van der Waals surface area contributed by atoms with Crippen molar-refractivity contribution in [2.24, 2.45) is 0 Å². The highest BCUT2D eigenvalue weighted by atomic mass is 35.5. The van der Waals surface area contributed by atoms with Crippen LogP contribution in [0.3, 0.4) is 0 Å². The molecule has 3 heteroatoms. The van der Waals surface area contributed by atoms with E-state index in [1.165, 1.54) is 24.0 Å². The van der Waals surface area contributed by atoms with Crippen LogP contribution in [0.25, 0.3) is 0 Å². The van der Waals surface area contributed by atoms with Gasteiger partial charge in [0.1, 0.15) is 0 Å². The van der Waals surface area contributed by atoms with Crippen LogP contribution in [0.1, 0.15) is 30.9 Å². The van der Waals surface area contributed by atoms with Gasteiger partial charge in [-0.3, -0.25) is 0 Å². The van der Waals surface area contributed by atoms with E-state index >= 15 is 0 Å². The summed E-state index contributed by atoms with van der Waals surface area (Å²) in [6.07, 6.45) is 2.37. The van der Waals surface area contributed by atoms with Crippen LogP contribution in [0.15, 0.2) is 18.2 Å². The fourth-order valence-corrected chi connectivity index (χ4v) is 1.89. The van der Waals surface area contributed by atoms with E-state index in [1.807, 2.05) is 12.1 Å². The Labute approximate surface area is 110 Å². The monoisotopic (exact) mass is 254 g/mol. The predicted molar refractivity (Wildman–Crippen MR) is 75.7 cm³/mol. The van der Waals surface area contributed by atoms with Crippen LogP contribution in [0.4, 0.5) is 0 Å². The Morgan fingerprint density at radius 2 is 1.88 bits per heavy atom. The summed E-state index contributed by atoms with van der Waals surface area (Å²) >= 11 is 5.98. The minimum absolute atomic E-state index is 0.817. The molecule has 17 heavy (non-hydrogen) atoms. The number of rotatable bonds is 8. The predicted octanol–water partition coefficient (Wildman–Crippen LogP) is 3.13. The number of aryl methyl sites for hydroxylation is 1. The molecular formula is C14H23ClN2. The van der Waals surface area contributed by atoms with Crippen LogP contribution in [0, 0.1) is 6.92 Å². The van der Waals surface area contributed by atoms with Crippen molar-refractivity contribution in [2.45, 2.75) is 33.2 Å². The maximum absolute atomic E-state index is 5.98. The van der Waals surface area contributed by atoms with Crippen LogP contribution < -0.4 is 10.6 Å². The first-order valence-corrected chi connectivity index (χ1v) is 6.78. The molecule has 1 rings (SSSR count). The SMILES string of the molecule is CCCNCCCNCc1cc(Cl)ccc1C. The topological polar surface area (TPSA) is 24.1 Å². The molecule has 0 spiro atoms. The van der Waals surface area contributed by atoms with Gasteiger partial charge in [-0.25, -0.2) is 0 Å². The molecule has 0 radical (unpaired) electrons. The maximum Gasteiger partial charge on any atom is 0.0409 e. The fourth-order valence-electron chi connectivity index (χ4n) is 1.69. The Balaban J connectivity index is 2.15. The number of hydrogen-bond donors (Lipinski definition) is 2. The summed E-state index contributed by atoms with van der Waals surface area (Å²) in [7, 11) is 0. The van der Waals surface area contributed by atoms with Gasteiger partial charge in [0.15, 0.2) is 0 Å². The van der Waals surface area contributed by atoms with Crippen LogP contribution in [-0.4, -0.2) is 19.6 Å². The molecule has 0 saturated heterocycles. The molecule has 0 unspecified atom stereocenters. The lowest BCUT2D eigenvalue weighted by atomic mass is 10.1. The highest BCUT2D eigenvalue weighted by molar-refractivity contribution is 6.30. The average molecular weight is 255 g/mol. The lowest BCUT2D eigenvalue weighted by molar-refractivity contribution is 0.591. The molecule has 0 aliphatic rings. The Morgan fingerprint density at radius 1 is 1.12 bits per heavy atom. The molecule has 0 aromatic heterocycles. The highest BCUT2D eigenvalue weighted by Crippen LogP contribution is 2.14. The van der Waals surface area contributed by atoms with Gasteiger partial charge in [0.25, 0.3) is 0 Å². The van der Waals surface area contributed by atoms with Gasteiger partial charge in [0.05, 0.1) is 0 Å². The van der Waals surface area contributed by atoms with Crippen molar-refractivity contribution in [3.8, 4) is 0 Å². The summed E-state index contributed by atoms with van der Waals surface area (Å²) in [5, 5.41) is 7.66. The highest BCUT2D eigenvalue weighted by Gasteiger charge is 1.98. The van der Waals surface area contributed by atoms with E-state index in [-0.39, 0.29) is 0 Å². The molecule has 0 saturated carbocycles. The molecule has 2 nitrogen and oxygen atoms in total. The lowest BCUT2D eigenvalue weighted by Gasteiger charge is -2.08. The number of hydrogen-bond acceptors (Lipinski definition) is 2. The molecule has 0 atom stereocenters. The fraction of sp³-hybridized carbons (Fsp3) is 0.571. The van der Waals surface area contributed by atoms with Crippen molar-refractivity contribution in [2.75, 3.05) is 19.6 Å². The van der Waals surface area contributed by atoms with Gasteiger partial charge < -0.3 is 10.6 Å². The van der Waals surface area contributed by atoms with Crippen molar-refractivity contribution in [1.29, 1.82) is 0 Å². The normalized spacial score (nSPS) is 10.8. The standard InChI is InChI=1S/C14H23ClN2/c1-3-7-16-8-4-9-17-11-13-10-14(15)6-5-12(13)2/h5-6,10,16-17H,3-4,7-9,11H2,1-2H3. The first-order chi connectivity index (χ1) is 8.24. The largest absolute Gasteiger partial charge is 0.317 e. The van der Waals surface area contributed by atoms with E-state index in [9.17, 15) is 0 Å². The van der Waals surface area contributed by atoms with Gasteiger partial charge in [0.2, 0.25) is 0 Å². The van der Waals surface area contributed by atoms with E-state index in [4.69, 9.17) is 11.6 Å². The van der Waals surface area contributed by atoms with Crippen LogP contribution in [-0.2, 0) is 6.54 Å². The maximum atomic E-state index is 5.98. The van der Waals surface area contributed by atoms with E-state index < -0.39 is 0 Å². The molecule has 0 heterocycles. The Hall–Kier alpha value is -0.570. The first kappa shape index (κ1) is 14.5. The third kappa shape index (κ3) is 6.06. The van der Waals surface area contributed by atoms with Crippen molar-refractivity contribution in [1.82, 2.24) is 10.6 Å². The van der Waals surface area contributed by atoms with E-state index in [0.29, 0.717) is 0 Å². The molecule has 0 aliphatic heterocycles. The van der Waals surface area contributed by atoms with Gasteiger partial charge in [-0.1, -0.05) is 24.6 Å². The summed E-state index contributed by atoms with van der Waals surface area (Å²) in [5.74, 6) is 0. The Bertz CT molecular complexity index is 326. The molecule has 96 valence electrons. The third-order valence-corrected chi connectivity index (χ3v) is 3.00. The zero-order valence-electron chi connectivity index (χ0n) is 10.9. The number of nitrogens with one attached hydrogen (secondary N) is 2. The zero-order valence-corrected chi connectivity index (χ0v) is 11.6. The third-order valence-electron chi connectivity index (χ3n) is 2.76. The van der Waals surface area contributed by atoms with Crippen molar-refractivity contribution >= 4 is 11.6 Å². The second-order valence-electron chi connectivity index (χ2n) is 4.35. The quantitative estimate of drug-likeness (QED) is 0.697. The van der Waals surface area contributed by atoms with Gasteiger partial charge in [-0.2, -0.15) is 0 Å². The molecule has 1 aromatic rings.